The fourth-order valence-corrected chi connectivity index (χ4v) is 1.82. The summed E-state index contributed by atoms with van der Waals surface area (Å²) in [5.41, 5.74) is 1.07. The Balaban J connectivity index is 2.07. The number of nitrogens with zero attached hydrogens (tertiary/aromatic N) is 1. The van der Waals surface area contributed by atoms with Gasteiger partial charge in [-0.05, 0) is 31.0 Å². The molecule has 16 heavy (non-hydrogen) atoms. The van der Waals surface area contributed by atoms with Gasteiger partial charge in [0.25, 0.3) is 0 Å². The second-order valence-corrected chi connectivity index (χ2v) is 4.33. The molecule has 1 saturated carbocycles. The number of benzene rings is 1. The number of halogens is 1. The monoisotopic (exact) mass is 234 g/mol. The molecule has 1 aromatic rings. The summed E-state index contributed by atoms with van der Waals surface area (Å²) in [6, 6.07) is 6.89. The van der Waals surface area contributed by atoms with Crippen molar-refractivity contribution >= 4 is 23.2 Å². The SMILES string of the molecule is N#Cc1ccc(NC(=O)C2CCC2)cc1Cl. The molecule has 0 unspecified atom stereocenters. The summed E-state index contributed by atoms with van der Waals surface area (Å²) in [6.07, 6.45) is 3.07. The molecule has 4 heteroatoms. The molecule has 0 aromatic heterocycles. The van der Waals surface area contributed by atoms with Gasteiger partial charge in [0.2, 0.25) is 5.91 Å². The first kappa shape index (κ1) is 11.0. The summed E-state index contributed by atoms with van der Waals surface area (Å²) < 4.78 is 0. The number of hydrogen-bond acceptors (Lipinski definition) is 2. The van der Waals surface area contributed by atoms with Crippen LogP contribution in [0.5, 0.6) is 0 Å². The molecule has 0 saturated heterocycles. The van der Waals surface area contributed by atoms with Crippen LogP contribution in [0.3, 0.4) is 0 Å². The summed E-state index contributed by atoms with van der Waals surface area (Å²) in [4.78, 5) is 11.6. The second kappa shape index (κ2) is 4.54. The zero-order chi connectivity index (χ0) is 11.5. The molecule has 1 aliphatic rings. The van der Waals surface area contributed by atoms with Gasteiger partial charge < -0.3 is 5.32 Å². The van der Waals surface area contributed by atoms with Gasteiger partial charge >= 0.3 is 0 Å². The highest BCUT2D eigenvalue weighted by Gasteiger charge is 2.25. The lowest BCUT2D eigenvalue weighted by atomic mass is 9.85. The smallest absolute Gasteiger partial charge is 0.227 e. The van der Waals surface area contributed by atoms with Crippen LogP contribution in [0.1, 0.15) is 24.8 Å². The third kappa shape index (κ3) is 2.17. The van der Waals surface area contributed by atoms with Gasteiger partial charge in [0.15, 0.2) is 0 Å². The minimum Gasteiger partial charge on any atom is -0.326 e. The van der Waals surface area contributed by atoms with Crippen molar-refractivity contribution in [1.29, 1.82) is 5.26 Å². The Morgan fingerprint density at radius 1 is 1.50 bits per heavy atom. The van der Waals surface area contributed by atoms with Crippen molar-refractivity contribution in [2.24, 2.45) is 5.92 Å². The predicted molar refractivity (Wildman–Crippen MR) is 62.1 cm³/mol. The van der Waals surface area contributed by atoms with E-state index in [4.69, 9.17) is 16.9 Å². The Hall–Kier alpha value is -1.53. The second-order valence-electron chi connectivity index (χ2n) is 3.92. The van der Waals surface area contributed by atoms with Gasteiger partial charge in [-0.2, -0.15) is 5.26 Å². The topological polar surface area (TPSA) is 52.9 Å². The Morgan fingerprint density at radius 2 is 2.25 bits per heavy atom. The van der Waals surface area contributed by atoms with Crippen LogP contribution in [-0.2, 0) is 4.79 Å². The summed E-state index contributed by atoms with van der Waals surface area (Å²) in [5, 5.41) is 11.9. The van der Waals surface area contributed by atoms with E-state index in [-0.39, 0.29) is 11.8 Å². The van der Waals surface area contributed by atoms with Gasteiger partial charge in [0, 0.05) is 11.6 Å². The molecule has 0 spiro atoms. The number of nitrogens with one attached hydrogen (secondary N) is 1. The van der Waals surface area contributed by atoms with Crippen LogP contribution in [0.15, 0.2) is 18.2 Å². The maximum absolute atomic E-state index is 11.6. The molecule has 0 radical (unpaired) electrons. The number of nitriles is 1. The van der Waals surface area contributed by atoms with Crippen molar-refractivity contribution in [2.45, 2.75) is 19.3 Å². The molecule has 0 aliphatic heterocycles. The van der Waals surface area contributed by atoms with Crippen LogP contribution in [0, 0.1) is 17.2 Å². The van der Waals surface area contributed by atoms with E-state index < -0.39 is 0 Å². The van der Waals surface area contributed by atoms with E-state index in [0.29, 0.717) is 16.3 Å². The zero-order valence-electron chi connectivity index (χ0n) is 8.66. The summed E-state index contributed by atoms with van der Waals surface area (Å²) in [6.45, 7) is 0. The van der Waals surface area contributed by atoms with E-state index in [1.165, 1.54) is 0 Å². The maximum Gasteiger partial charge on any atom is 0.227 e. The van der Waals surface area contributed by atoms with Gasteiger partial charge in [-0.25, -0.2) is 0 Å². The minimum atomic E-state index is 0.0482. The highest BCUT2D eigenvalue weighted by Crippen LogP contribution is 2.28. The molecule has 2 rings (SSSR count). The molecule has 1 amide bonds. The Kier molecular flexibility index (Phi) is 3.12. The van der Waals surface area contributed by atoms with Crippen molar-refractivity contribution in [1.82, 2.24) is 0 Å². The number of carbonyl (C=O) groups excluding carboxylic acids is 1. The Labute approximate surface area is 99.0 Å². The third-order valence-electron chi connectivity index (χ3n) is 2.83. The first-order valence-corrected chi connectivity index (χ1v) is 5.59. The standard InChI is InChI=1S/C12H11ClN2O/c13-11-6-10(5-4-9(11)7-14)15-12(16)8-2-1-3-8/h4-6,8H,1-3H2,(H,15,16). The highest BCUT2D eigenvalue weighted by molar-refractivity contribution is 6.32. The van der Waals surface area contributed by atoms with Gasteiger partial charge in [-0.1, -0.05) is 18.0 Å². The molecule has 0 bridgehead atoms. The predicted octanol–water partition coefficient (Wildman–Crippen LogP) is 2.95. The molecule has 1 N–H and O–H groups in total. The Morgan fingerprint density at radius 3 is 2.75 bits per heavy atom. The highest BCUT2D eigenvalue weighted by atomic mass is 35.5. The molecule has 1 aliphatic carbocycles. The van der Waals surface area contributed by atoms with Gasteiger partial charge in [0.05, 0.1) is 10.6 Å². The number of anilines is 1. The number of amides is 1. The number of hydrogen-bond donors (Lipinski definition) is 1. The minimum absolute atomic E-state index is 0.0482. The van der Waals surface area contributed by atoms with E-state index in [9.17, 15) is 4.79 Å². The zero-order valence-corrected chi connectivity index (χ0v) is 9.42. The van der Waals surface area contributed by atoms with Crippen molar-refractivity contribution in [3.63, 3.8) is 0 Å². The van der Waals surface area contributed by atoms with Crippen LogP contribution in [0.4, 0.5) is 5.69 Å². The van der Waals surface area contributed by atoms with Gasteiger partial charge in [-0.3, -0.25) is 4.79 Å². The third-order valence-corrected chi connectivity index (χ3v) is 3.15. The lowest BCUT2D eigenvalue weighted by Gasteiger charge is -2.24. The molecule has 0 heterocycles. The Bertz CT molecular complexity index is 461. The lowest BCUT2D eigenvalue weighted by molar-refractivity contribution is -0.122. The quantitative estimate of drug-likeness (QED) is 0.855. The fraction of sp³-hybridized carbons (Fsp3) is 0.333. The van der Waals surface area contributed by atoms with E-state index >= 15 is 0 Å². The van der Waals surface area contributed by atoms with Crippen molar-refractivity contribution in [3.05, 3.63) is 28.8 Å². The van der Waals surface area contributed by atoms with Crippen molar-refractivity contribution in [3.8, 4) is 6.07 Å². The van der Waals surface area contributed by atoms with Crippen LogP contribution in [0.25, 0.3) is 0 Å². The van der Waals surface area contributed by atoms with Gasteiger partial charge in [0.1, 0.15) is 6.07 Å². The molecular weight excluding hydrogens is 224 g/mol. The van der Waals surface area contributed by atoms with Crippen LogP contribution < -0.4 is 5.32 Å². The van der Waals surface area contributed by atoms with Crippen molar-refractivity contribution < 1.29 is 4.79 Å². The number of carbonyl (C=O) groups is 1. The van der Waals surface area contributed by atoms with E-state index in [1.54, 1.807) is 18.2 Å². The maximum atomic E-state index is 11.6. The molecule has 82 valence electrons. The molecular formula is C12H11ClN2O. The van der Waals surface area contributed by atoms with E-state index in [0.717, 1.165) is 19.3 Å². The summed E-state index contributed by atoms with van der Waals surface area (Å²) in [7, 11) is 0. The van der Waals surface area contributed by atoms with E-state index in [2.05, 4.69) is 5.32 Å². The molecule has 1 aromatic carbocycles. The molecule has 3 nitrogen and oxygen atoms in total. The van der Waals surface area contributed by atoms with Gasteiger partial charge in [-0.15, -0.1) is 0 Å². The van der Waals surface area contributed by atoms with E-state index in [1.807, 2.05) is 6.07 Å². The molecule has 0 atom stereocenters. The van der Waals surface area contributed by atoms with Crippen molar-refractivity contribution in [2.75, 3.05) is 5.32 Å². The largest absolute Gasteiger partial charge is 0.326 e. The first-order chi connectivity index (χ1) is 7.70. The first-order valence-electron chi connectivity index (χ1n) is 5.21. The summed E-state index contributed by atoms with van der Waals surface area (Å²) in [5.74, 6) is 0.196. The van der Waals surface area contributed by atoms with Crippen LogP contribution in [0.2, 0.25) is 5.02 Å². The fourth-order valence-electron chi connectivity index (χ4n) is 1.60. The molecule has 1 fully saturated rings. The van der Waals surface area contributed by atoms with Crippen LogP contribution >= 0.6 is 11.6 Å². The lowest BCUT2D eigenvalue weighted by Crippen LogP contribution is -2.27. The average molecular weight is 235 g/mol. The average Bonchev–Trinajstić information content (AvgIpc) is 2.15. The summed E-state index contributed by atoms with van der Waals surface area (Å²) >= 11 is 5.87. The van der Waals surface area contributed by atoms with Crippen LogP contribution in [-0.4, -0.2) is 5.91 Å². The number of rotatable bonds is 2. The normalized spacial score (nSPS) is 15.0.